The maximum Gasteiger partial charge on any atom is 0.411 e. The smallest absolute Gasteiger partial charge is 0.372 e. The summed E-state index contributed by atoms with van der Waals surface area (Å²) in [4.78, 5) is 25.7. The van der Waals surface area contributed by atoms with Gasteiger partial charge in [-0.25, -0.2) is 0 Å². The summed E-state index contributed by atoms with van der Waals surface area (Å²) in [6.07, 6.45) is -4.44. The zero-order valence-corrected chi connectivity index (χ0v) is 13.0. The largest absolute Gasteiger partial charge is 0.411 e. The molecule has 0 aromatic heterocycles. The molecule has 1 heterocycles. The molecule has 24 heavy (non-hydrogen) atoms. The van der Waals surface area contributed by atoms with Crippen LogP contribution in [0.5, 0.6) is 0 Å². The van der Waals surface area contributed by atoms with E-state index in [0.29, 0.717) is 13.1 Å². The number of hydrogen-bond acceptors (Lipinski definition) is 3. The fourth-order valence-electron chi connectivity index (χ4n) is 2.59. The number of nitrogens with one attached hydrogen (secondary N) is 1. The molecule has 5 nitrogen and oxygen atoms in total. The van der Waals surface area contributed by atoms with Gasteiger partial charge >= 0.3 is 6.18 Å². The van der Waals surface area contributed by atoms with E-state index in [9.17, 15) is 22.8 Å². The average molecular weight is 344 g/mol. The third-order valence-corrected chi connectivity index (χ3v) is 3.66. The highest BCUT2D eigenvalue weighted by Gasteiger charge is 2.30. The van der Waals surface area contributed by atoms with Gasteiger partial charge in [0.25, 0.3) is 0 Å². The Hall–Kier alpha value is -2.09. The SMILES string of the molecule is O=C1CC(c2ccccc2)N(C(=O)CCOCC(F)(F)F)CCN1. The molecule has 0 aliphatic carbocycles. The van der Waals surface area contributed by atoms with E-state index >= 15 is 0 Å². The minimum absolute atomic E-state index is 0.124. The molecule has 8 heteroatoms. The van der Waals surface area contributed by atoms with E-state index in [1.807, 2.05) is 30.3 Å². The summed E-state index contributed by atoms with van der Waals surface area (Å²) in [5.74, 6) is -0.491. The van der Waals surface area contributed by atoms with E-state index in [-0.39, 0.29) is 31.3 Å². The summed E-state index contributed by atoms with van der Waals surface area (Å²) >= 11 is 0. The highest BCUT2D eigenvalue weighted by Crippen LogP contribution is 2.26. The molecule has 2 amide bonds. The van der Waals surface area contributed by atoms with Crippen molar-refractivity contribution in [2.45, 2.75) is 25.1 Å². The maximum absolute atomic E-state index is 12.4. The van der Waals surface area contributed by atoms with Gasteiger partial charge < -0.3 is 15.0 Å². The fourth-order valence-corrected chi connectivity index (χ4v) is 2.59. The summed E-state index contributed by atoms with van der Waals surface area (Å²) in [6.45, 7) is -1.05. The number of amides is 2. The molecule has 1 saturated heterocycles. The third kappa shape index (κ3) is 5.52. The van der Waals surface area contributed by atoms with Crippen molar-refractivity contribution in [2.24, 2.45) is 0 Å². The second-order valence-electron chi connectivity index (χ2n) is 5.49. The van der Waals surface area contributed by atoms with E-state index < -0.39 is 18.8 Å². The van der Waals surface area contributed by atoms with Crippen molar-refractivity contribution in [1.82, 2.24) is 10.2 Å². The van der Waals surface area contributed by atoms with E-state index in [1.54, 1.807) is 0 Å². The third-order valence-electron chi connectivity index (χ3n) is 3.66. The van der Waals surface area contributed by atoms with Crippen molar-refractivity contribution >= 4 is 11.8 Å². The molecular formula is C16H19F3N2O3. The van der Waals surface area contributed by atoms with Gasteiger partial charge in [-0.2, -0.15) is 13.2 Å². The first-order valence-electron chi connectivity index (χ1n) is 7.62. The Kier molecular flexibility index (Phi) is 6.19. The van der Waals surface area contributed by atoms with Gasteiger partial charge in [-0.1, -0.05) is 30.3 Å². The highest BCUT2D eigenvalue weighted by molar-refractivity contribution is 5.81. The molecule has 132 valence electrons. The molecule has 0 bridgehead atoms. The molecule has 1 fully saturated rings. The molecule has 1 unspecified atom stereocenters. The first kappa shape index (κ1) is 18.3. The molecule has 1 atom stereocenters. The van der Waals surface area contributed by atoms with Crippen LogP contribution in [0.3, 0.4) is 0 Å². The van der Waals surface area contributed by atoms with Gasteiger partial charge in [0.15, 0.2) is 0 Å². The van der Waals surface area contributed by atoms with Crippen molar-refractivity contribution in [3.63, 3.8) is 0 Å². The summed E-state index contributed by atoms with van der Waals surface area (Å²) < 4.78 is 40.6. The van der Waals surface area contributed by atoms with Gasteiger partial charge in [-0.05, 0) is 5.56 Å². The number of carbonyl (C=O) groups excluding carboxylic acids is 2. The minimum Gasteiger partial charge on any atom is -0.372 e. The molecule has 1 aromatic carbocycles. The van der Waals surface area contributed by atoms with Crippen LogP contribution in [-0.2, 0) is 14.3 Å². The second-order valence-corrected chi connectivity index (χ2v) is 5.49. The van der Waals surface area contributed by atoms with Crippen molar-refractivity contribution < 1.29 is 27.5 Å². The number of hydrogen-bond donors (Lipinski definition) is 1. The average Bonchev–Trinajstić information content (AvgIpc) is 2.73. The number of rotatable bonds is 5. The van der Waals surface area contributed by atoms with Crippen LogP contribution in [0, 0.1) is 0 Å². The molecule has 1 N–H and O–H groups in total. The Morgan fingerprint density at radius 2 is 2.00 bits per heavy atom. The van der Waals surface area contributed by atoms with Crippen LogP contribution in [0.4, 0.5) is 13.2 Å². The van der Waals surface area contributed by atoms with Crippen molar-refractivity contribution in [1.29, 1.82) is 0 Å². The molecular weight excluding hydrogens is 325 g/mol. The van der Waals surface area contributed by atoms with E-state index in [0.717, 1.165) is 5.56 Å². The van der Waals surface area contributed by atoms with Crippen LogP contribution in [0.25, 0.3) is 0 Å². The number of halogens is 3. The van der Waals surface area contributed by atoms with E-state index in [2.05, 4.69) is 10.1 Å². The zero-order chi connectivity index (χ0) is 17.6. The van der Waals surface area contributed by atoms with Gasteiger partial charge in [-0.15, -0.1) is 0 Å². The van der Waals surface area contributed by atoms with Gasteiger partial charge in [-0.3, -0.25) is 9.59 Å². The fraction of sp³-hybridized carbons (Fsp3) is 0.500. The first-order valence-corrected chi connectivity index (χ1v) is 7.62. The monoisotopic (exact) mass is 344 g/mol. The molecule has 0 radical (unpaired) electrons. The zero-order valence-electron chi connectivity index (χ0n) is 13.0. The molecule has 1 aromatic rings. The van der Waals surface area contributed by atoms with Gasteiger partial charge in [0.1, 0.15) is 6.61 Å². The lowest BCUT2D eigenvalue weighted by Gasteiger charge is -2.29. The predicted octanol–water partition coefficient (Wildman–Crippen LogP) is 2.05. The standard InChI is InChI=1S/C16H19F3N2O3/c17-16(18,19)11-24-9-6-15(23)21-8-7-20-14(22)10-13(21)12-4-2-1-3-5-12/h1-5,13H,6-11H2,(H,20,22). The van der Waals surface area contributed by atoms with Crippen molar-refractivity contribution in [2.75, 3.05) is 26.3 Å². The highest BCUT2D eigenvalue weighted by atomic mass is 19.4. The number of ether oxygens (including phenoxy) is 1. The lowest BCUT2D eigenvalue weighted by molar-refractivity contribution is -0.175. The number of alkyl halides is 3. The van der Waals surface area contributed by atoms with Crippen LogP contribution in [0.15, 0.2) is 30.3 Å². The van der Waals surface area contributed by atoms with Gasteiger partial charge in [0, 0.05) is 13.1 Å². The molecule has 1 aliphatic rings. The summed E-state index contributed by atoms with van der Waals surface area (Å²) in [7, 11) is 0. The summed E-state index contributed by atoms with van der Waals surface area (Å²) in [6, 6.07) is 8.68. The van der Waals surface area contributed by atoms with Crippen LogP contribution in [0.1, 0.15) is 24.4 Å². The minimum atomic E-state index is -4.41. The first-order chi connectivity index (χ1) is 11.4. The molecule has 0 spiro atoms. The van der Waals surface area contributed by atoms with Crippen LogP contribution >= 0.6 is 0 Å². The maximum atomic E-state index is 12.4. The Morgan fingerprint density at radius 1 is 1.29 bits per heavy atom. The molecule has 1 aliphatic heterocycles. The Bertz CT molecular complexity index is 563. The number of benzene rings is 1. The number of nitrogens with zero attached hydrogens (tertiary/aromatic N) is 1. The molecule has 0 saturated carbocycles. The predicted molar refractivity (Wildman–Crippen MR) is 80.0 cm³/mol. The lowest BCUT2D eigenvalue weighted by Crippen LogP contribution is -2.37. The Morgan fingerprint density at radius 3 is 2.67 bits per heavy atom. The lowest BCUT2D eigenvalue weighted by atomic mass is 10.0. The topological polar surface area (TPSA) is 58.6 Å². The second kappa shape index (κ2) is 8.14. The summed E-state index contributed by atoms with van der Waals surface area (Å²) in [5, 5.41) is 2.70. The van der Waals surface area contributed by atoms with E-state index in [4.69, 9.17) is 0 Å². The van der Waals surface area contributed by atoms with Crippen LogP contribution in [0.2, 0.25) is 0 Å². The van der Waals surface area contributed by atoms with Crippen molar-refractivity contribution in [3.8, 4) is 0 Å². The van der Waals surface area contributed by atoms with Crippen LogP contribution in [-0.4, -0.2) is 49.2 Å². The summed E-state index contributed by atoms with van der Waals surface area (Å²) in [5.41, 5.74) is 0.819. The van der Waals surface area contributed by atoms with Gasteiger partial charge in [0.2, 0.25) is 11.8 Å². The molecule has 2 rings (SSSR count). The quantitative estimate of drug-likeness (QED) is 0.832. The van der Waals surface area contributed by atoms with Crippen molar-refractivity contribution in [3.05, 3.63) is 35.9 Å². The Balaban J connectivity index is 2.01. The van der Waals surface area contributed by atoms with Gasteiger partial charge in [0.05, 0.1) is 25.5 Å². The van der Waals surface area contributed by atoms with E-state index in [1.165, 1.54) is 4.90 Å². The normalized spacial score (nSPS) is 18.9. The Labute approximate surface area is 137 Å². The van der Waals surface area contributed by atoms with Crippen LogP contribution < -0.4 is 5.32 Å². The number of carbonyl (C=O) groups is 2.